The first-order chi connectivity index (χ1) is 10.6. The molecule has 0 radical (unpaired) electrons. The van der Waals surface area contributed by atoms with Crippen LogP contribution in [-0.2, 0) is 13.5 Å². The van der Waals surface area contributed by atoms with Crippen LogP contribution in [0.3, 0.4) is 0 Å². The molecule has 1 aliphatic heterocycles. The lowest BCUT2D eigenvalue weighted by Crippen LogP contribution is -2.33. The normalized spacial score (nSPS) is 17.7. The number of benzene rings is 1. The molecule has 0 bridgehead atoms. The lowest BCUT2D eigenvalue weighted by atomic mass is 10.0. The van der Waals surface area contributed by atoms with Crippen LogP contribution in [0.25, 0.3) is 0 Å². The molecular weight excluding hydrogens is 300 g/mol. The van der Waals surface area contributed by atoms with Crippen LogP contribution in [0.1, 0.15) is 12.0 Å². The van der Waals surface area contributed by atoms with E-state index < -0.39 is 0 Å². The summed E-state index contributed by atoms with van der Waals surface area (Å²) in [5, 5.41) is 7.71. The summed E-state index contributed by atoms with van der Waals surface area (Å²) in [4.78, 5) is 14.1. The van der Waals surface area contributed by atoms with Gasteiger partial charge in [-0.1, -0.05) is 17.7 Å². The number of rotatable bonds is 3. The highest BCUT2D eigenvalue weighted by atomic mass is 35.5. The van der Waals surface area contributed by atoms with E-state index in [9.17, 15) is 4.79 Å². The average molecular weight is 319 g/mol. The van der Waals surface area contributed by atoms with E-state index in [-0.39, 0.29) is 6.03 Å². The van der Waals surface area contributed by atoms with Crippen molar-refractivity contribution in [2.24, 2.45) is 13.0 Å². The molecule has 1 unspecified atom stereocenters. The van der Waals surface area contributed by atoms with Gasteiger partial charge in [0.2, 0.25) is 0 Å². The minimum atomic E-state index is -0.0593. The molecule has 1 fully saturated rings. The number of likely N-dealkylation sites (tertiary alicyclic amines) is 1. The maximum atomic E-state index is 12.3. The summed E-state index contributed by atoms with van der Waals surface area (Å²) in [6.45, 7) is 1.57. The van der Waals surface area contributed by atoms with Gasteiger partial charge in [0.25, 0.3) is 0 Å². The smallest absolute Gasteiger partial charge is 0.321 e. The summed E-state index contributed by atoms with van der Waals surface area (Å²) < 4.78 is 1.81. The van der Waals surface area contributed by atoms with Crippen molar-refractivity contribution < 1.29 is 4.79 Å². The van der Waals surface area contributed by atoms with Crippen LogP contribution in [0.15, 0.2) is 36.7 Å². The standard InChI is InChI=1S/C16H19ClN4O/c1-20-10-13(9-18-20)7-12-5-6-21(11-12)16(22)19-15-4-2-3-14(17)8-15/h2-4,8-10,12H,5-7,11H2,1H3,(H,19,22). The van der Waals surface area contributed by atoms with Crippen molar-refractivity contribution in [2.45, 2.75) is 12.8 Å². The molecule has 2 heterocycles. The molecule has 2 amide bonds. The molecule has 2 aromatic rings. The number of urea groups is 1. The van der Waals surface area contributed by atoms with Crippen molar-refractivity contribution in [3.63, 3.8) is 0 Å². The number of nitrogens with zero attached hydrogens (tertiary/aromatic N) is 3. The molecule has 1 aromatic heterocycles. The van der Waals surface area contributed by atoms with Gasteiger partial charge in [-0.15, -0.1) is 0 Å². The van der Waals surface area contributed by atoms with Crippen LogP contribution in [0, 0.1) is 5.92 Å². The molecular formula is C16H19ClN4O. The SMILES string of the molecule is Cn1cc(CC2CCN(C(=O)Nc3cccc(Cl)c3)C2)cn1. The first kappa shape index (κ1) is 14.9. The Morgan fingerprint density at radius 3 is 3.09 bits per heavy atom. The van der Waals surface area contributed by atoms with Gasteiger partial charge in [-0.3, -0.25) is 4.68 Å². The van der Waals surface area contributed by atoms with Crippen LogP contribution in [0.4, 0.5) is 10.5 Å². The van der Waals surface area contributed by atoms with E-state index >= 15 is 0 Å². The number of hydrogen-bond acceptors (Lipinski definition) is 2. The summed E-state index contributed by atoms with van der Waals surface area (Å²) in [6, 6.07) is 7.15. The van der Waals surface area contributed by atoms with Gasteiger partial charge in [0.15, 0.2) is 0 Å². The maximum Gasteiger partial charge on any atom is 0.321 e. The number of hydrogen-bond donors (Lipinski definition) is 1. The molecule has 5 nitrogen and oxygen atoms in total. The summed E-state index contributed by atoms with van der Waals surface area (Å²) >= 11 is 5.93. The number of halogens is 1. The molecule has 0 spiro atoms. The number of amides is 2. The molecule has 0 aliphatic carbocycles. The van der Waals surface area contributed by atoms with E-state index in [2.05, 4.69) is 10.4 Å². The molecule has 22 heavy (non-hydrogen) atoms. The maximum absolute atomic E-state index is 12.3. The van der Waals surface area contributed by atoms with Crippen molar-refractivity contribution in [2.75, 3.05) is 18.4 Å². The lowest BCUT2D eigenvalue weighted by molar-refractivity contribution is 0.221. The average Bonchev–Trinajstić information content (AvgIpc) is 3.09. The zero-order chi connectivity index (χ0) is 15.5. The zero-order valence-corrected chi connectivity index (χ0v) is 13.3. The predicted octanol–water partition coefficient (Wildman–Crippen LogP) is 3.17. The largest absolute Gasteiger partial charge is 0.324 e. The summed E-state index contributed by atoms with van der Waals surface area (Å²) in [6.07, 6.45) is 5.93. The fourth-order valence-corrected chi connectivity index (χ4v) is 3.05. The Bertz CT molecular complexity index is 670. The predicted molar refractivity (Wildman–Crippen MR) is 87.1 cm³/mol. The first-order valence-electron chi connectivity index (χ1n) is 7.39. The molecule has 1 N–H and O–H groups in total. The van der Waals surface area contributed by atoms with Gasteiger partial charge in [-0.05, 0) is 42.5 Å². The molecule has 1 aromatic carbocycles. The van der Waals surface area contributed by atoms with Crippen LogP contribution >= 0.6 is 11.6 Å². The fraction of sp³-hybridized carbons (Fsp3) is 0.375. The third-order valence-electron chi connectivity index (χ3n) is 3.93. The van der Waals surface area contributed by atoms with Crippen molar-refractivity contribution in [1.29, 1.82) is 0 Å². The van der Waals surface area contributed by atoms with Crippen molar-refractivity contribution >= 4 is 23.3 Å². The molecule has 1 saturated heterocycles. The monoisotopic (exact) mass is 318 g/mol. The molecule has 1 aliphatic rings. The van der Waals surface area contributed by atoms with Gasteiger partial charge < -0.3 is 10.2 Å². The summed E-state index contributed by atoms with van der Waals surface area (Å²) in [5.41, 5.74) is 1.96. The Kier molecular flexibility index (Phi) is 4.34. The topological polar surface area (TPSA) is 50.2 Å². The van der Waals surface area contributed by atoms with Crippen LogP contribution in [-0.4, -0.2) is 33.8 Å². The third-order valence-corrected chi connectivity index (χ3v) is 4.17. The highest BCUT2D eigenvalue weighted by molar-refractivity contribution is 6.30. The highest BCUT2D eigenvalue weighted by Crippen LogP contribution is 2.22. The minimum absolute atomic E-state index is 0.0593. The quantitative estimate of drug-likeness (QED) is 0.945. The van der Waals surface area contributed by atoms with E-state index in [0.29, 0.717) is 10.9 Å². The minimum Gasteiger partial charge on any atom is -0.324 e. The van der Waals surface area contributed by atoms with E-state index in [1.807, 2.05) is 41.2 Å². The fourth-order valence-electron chi connectivity index (χ4n) is 2.86. The van der Waals surface area contributed by atoms with Crippen LogP contribution in [0.2, 0.25) is 5.02 Å². The number of carbonyl (C=O) groups excluding carboxylic acids is 1. The Morgan fingerprint density at radius 1 is 1.50 bits per heavy atom. The van der Waals surface area contributed by atoms with E-state index in [1.165, 1.54) is 5.56 Å². The zero-order valence-electron chi connectivity index (χ0n) is 12.5. The molecule has 0 saturated carbocycles. The third kappa shape index (κ3) is 3.60. The second-order valence-electron chi connectivity index (χ2n) is 5.77. The highest BCUT2D eigenvalue weighted by Gasteiger charge is 2.26. The Morgan fingerprint density at radius 2 is 2.36 bits per heavy atom. The molecule has 6 heteroatoms. The molecule has 116 valence electrons. The first-order valence-corrected chi connectivity index (χ1v) is 7.77. The second kappa shape index (κ2) is 6.40. The number of aromatic nitrogens is 2. The van der Waals surface area contributed by atoms with Crippen LogP contribution in [0.5, 0.6) is 0 Å². The number of nitrogens with one attached hydrogen (secondary N) is 1. The van der Waals surface area contributed by atoms with E-state index in [0.717, 1.165) is 31.6 Å². The van der Waals surface area contributed by atoms with Gasteiger partial charge in [-0.2, -0.15) is 5.10 Å². The Labute approximate surface area is 134 Å². The van der Waals surface area contributed by atoms with Gasteiger partial charge in [0, 0.05) is 37.0 Å². The molecule has 1 atom stereocenters. The van der Waals surface area contributed by atoms with Crippen molar-refractivity contribution in [3.8, 4) is 0 Å². The van der Waals surface area contributed by atoms with Gasteiger partial charge >= 0.3 is 6.03 Å². The van der Waals surface area contributed by atoms with Gasteiger partial charge in [0.05, 0.1) is 6.20 Å². The van der Waals surface area contributed by atoms with Crippen LogP contribution < -0.4 is 5.32 Å². The van der Waals surface area contributed by atoms with Crippen molar-refractivity contribution in [1.82, 2.24) is 14.7 Å². The summed E-state index contributed by atoms with van der Waals surface area (Å²) in [7, 11) is 1.92. The second-order valence-corrected chi connectivity index (χ2v) is 6.20. The summed E-state index contributed by atoms with van der Waals surface area (Å²) in [5.74, 6) is 0.495. The van der Waals surface area contributed by atoms with E-state index in [4.69, 9.17) is 11.6 Å². The van der Waals surface area contributed by atoms with Gasteiger partial charge in [0.1, 0.15) is 0 Å². The Hall–Kier alpha value is -2.01. The molecule has 3 rings (SSSR count). The number of aryl methyl sites for hydroxylation is 1. The van der Waals surface area contributed by atoms with Crippen molar-refractivity contribution in [3.05, 3.63) is 47.2 Å². The lowest BCUT2D eigenvalue weighted by Gasteiger charge is -2.17. The number of carbonyl (C=O) groups is 1. The number of anilines is 1. The Balaban J connectivity index is 1.54. The van der Waals surface area contributed by atoms with Gasteiger partial charge in [-0.25, -0.2) is 4.79 Å². The van der Waals surface area contributed by atoms with E-state index in [1.54, 1.807) is 12.1 Å².